The topological polar surface area (TPSA) is 78.1 Å². The highest BCUT2D eigenvalue weighted by Crippen LogP contribution is 2.32. The maximum atomic E-state index is 5.87. The lowest BCUT2D eigenvalue weighted by Gasteiger charge is -2.11. The molecule has 0 aromatic heterocycles. The first-order valence-corrected chi connectivity index (χ1v) is 7.69. The van der Waals surface area contributed by atoms with Crippen molar-refractivity contribution in [1.29, 1.82) is 0 Å². The zero-order chi connectivity index (χ0) is 15.8. The molecule has 23 heavy (non-hydrogen) atoms. The first-order chi connectivity index (χ1) is 10.6. The summed E-state index contributed by atoms with van der Waals surface area (Å²) in [6, 6.07) is 5.64. The van der Waals surface area contributed by atoms with E-state index in [0.29, 0.717) is 38.2 Å². The molecule has 0 aliphatic carbocycles. The van der Waals surface area contributed by atoms with Gasteiger partial charge in [-0.15, -0.1) is 24.0 Å². The smallest absolute Gasteiger partial charge is 0.193 e. The maximum absolute atomic E-state index is 5.87. The molecule has 0 amide bonds. The van der Waals surface area contributed by atoms with Gasteiger partial charge in [-0.25, -0.2) is 0 Å². The number of nitrogens with two attached hydrogens (primary N) is 1. The van der Waals surface area contributed by atoms with Crippen LogP contribution in [0, 0.1) is 5.92 Å². The number of hydrogen-bond donors (Lipinski definition) is 2. The summed E-state index contributed by atoms with van der Waals surface area (Å²) in [5.41, 5.74) is 6.69. The van der Waals surface area contributed by atoms with Gasteiger partial charge >= 0.3 is 0 Å². The number of anilines is 1. The van der Waals surface area contributed by atoms with Gasteiger partial charge in [0.15, 0.2) is 17.5 Å². The Morgan fingerprint density at radius 3 is 2.78 bits per heavy atom. The van der Waals surface area contributed by atoms with E-state index in [1.807, 2.05) is 18.2 Å². The summed E-state index contributed by atoms with van der Waals surface area (Å²) in [6.45, 7) is 7.42. The Morgan fingerprint density at radius 2 is 2.04 bits per heavy atom. The lowest BCUT2D eigenvalue weighted by atomic mass is 10.2. The number of aliphatic imine (C=N–C) groups is 1. The SMILES string of the molecule is CC(C)COCCN=C(N)Nc1ccc2c(c1)OCCCO2.I. The summed E-state index contributed by atoms with van der Waals surface area (Å²) >= 11 is 0. The van der Waals surface area contributed by atoms with Crippen molar-refractivity contribution in [2.45, 2.75) is 20.3 Å². The second kappa shape index (κ2) is 10.5. The number of nitrogens with one attached hydrogen (secondary N) is 1. The van der Waals surface area contributed by atoms with E-state index < -0.39 is 0 Å². The molecule has 0 saturated heterocycles. The molecular weight excluding hydrogens is 409 g/mol. The molecule has 1 aliphatic rings. The first kappa shape index (κ1) is 19.8. The standard InChI is InChI=1S/C16H25N3O3.HI/c1-12(2)11-20-9-6-18-16(17)19-13-4-5-14-15(10-13)22-8-3-7-21-14;/h4-5,10,12H,3,6-9,11H2,1-2H3,(H3,17,18,19);1H. The van der Waals surface area contributed by atoms with E-state index in [-0.39, 0.29) is 24.0 Å². The number of fused-ring (bicyclic) bond motifs is 1. The number of halogens is 1. The third-order valence-electron chi connectivity index (χ3n) is 2.99. The molecule has 0 atom stereocenters. The molecule has 0 fully saturated rings. The summed E-state index contributed by atoms with van der Waals surface area (Å²) < 4.78 is 16.7. The molecule has 0 radical (unpaired) electrons. The Morgan fingerprint density at radius 1 is 1.30 bits per heavy atom. The monoisotopic (exact) mass is 435 g/mol. The molecule has 7 heteroatoms. The average Bonchev–Trinajstić information content (AvgIpc) is 2.71. The molecule has 0 bridgehead atoms. The number of hydrogen-bond acceptors (Lipinski definition) is 4. The summed E-state index contributed by atoms with van der Waals surface area (Å²) in [7, 11) is 0. The molecule has 2 rings (SSSR count). The van der Waals surface area contributed by atoms with Crippen LogP contribution in [0.2, 0.25) is 0 Å². The molecule has 0 unspecified atom stereocenters. The minimum absolute atomic E-state index is 0. The van der Waals surface area contributed by atoms with Crippen LogP contribution >= 0.6 is 24.0 Å². The highest BCUT2D eigenvalue weighted by atomic mass is 127. The Balaban J connectivity index is 0.00000264. The minimum Gasteiger partial charge on any atom is -0.490 e. The van der Waals surface area contributed by atoms with E-state index in [2.05, 4.69) is 24.2 Å². The fourth-order valence-electron chi connectivity index (χ4n) is 1.98. The molecule has 130 valence electrons. The normalized spacial score (nSPS) is 14.1. The lowest BCUT2D eigenvalue weighted by Crippen LogP contribution is -2.23. The van der Waals surface area contributed by atoms with Crippen molar-refractivity contribution < 1.29 is 14.2 Å². The Kier molecular flexibility index (Phi) is 9.08. The average molecular weight is 435 g/mol. The van der Waals surface area contributed by atoms with Crippen molar-refractivity contribution in [2.75, 3.05) is 38.3 Å². The van der Waals surface area contributed by atoms with Crippen LogP contribution in [0.4, 0.5) is 5.69 Å². The van der Waals surface area contributed by atoms with Crippen LogP contribution < -0.4 is 20.5 Å². The Labute approximate surface area is 154 Å². The number of guanidine groups is 1. The van der Waals surface area contributed by atoms with Gasteiger partial charge in [0.1, 0.15) is 0 Å². The number of nitrogens with zero attached hydrogens (tertiary/aromatic N) is 1. The van der Waals surface area contributed by atoms with Gasteiger partial charge in [-0.3, -0.25) is 4.99 Å². The number of benzene rings is 1. The predicted molar refractivity (Wildman–Crippen MR) is 103 cm³/mol. The van der Waals surface area contributed by atoms with E-state index in [4.69, 9.17) is 19.9 Å². The summed E-state index contributed by atoms with van der Waals surface area (Å²) in [5.74, 6) is 2.39. The van der Waals surface area contributed by atoms with Crippen LogP contribution in [0.25, 0.3) is 0 Å². The lowest BCUT2D eigenvalue weighted by molar-refractivity contribution is 0.117. The van der Waals surface area contributed by atoms with E-state index in [1.54, 1.807) is 0 Å². The molecule has 1 heterocycles. The number of rotatable bonds is 6. The molecular formula is C16H26IN3O3. The molecule has 1 aromatic carbocycles. The van der Waals surface area contributed by atoms with Gasteiger partial charge in [0.05, 0.1) is 26.4 Å². The quantitative estimate of drug-likeness (QED) is 0.311. The van der Waals surface area contributed by atoms with Gasteiger partial charge in [-0.05, 0) is 18.1 Å². The zero-order valence-electron chi connectivity index (χ0n) is 13.7. The number of ether oxygens (including phenoxy) is 3. The summed E-state index contributed by atoms with van der Waals surface area (Å²) in [5, 5.41) is 3.05. The van der Waals surface area contributed by atoms with Crippen LogP contribution in [-0.4, -0.2) is 38.9 Å². The van der Waals surface area contributed by atoms with Gasteiger partial charge in [0, 0.05) is 24.8 Å². The molecule has 1 aromatic rings. The zero-order valence-corrected chi connectivity index (χ0v) is 16.0. The Bertz CT molecular complexity index is 509. The van der Waals surface area contributed by atoms with Gasteiger partial charge in [-0.1, -0.05) is 13.8 Å². The van der Waals surface area contributed by atoms with Crippen molar-refractivity contribution in [3.63, 3.8) is 0 Å². The molecule has 0 spiro atoms. The van der Waals surface area contributed by atoms with E-state index in [0.717, 1.165) is 30.2 Å². The highest BCUT2D eigenvalue weighted by molar-refractivity contribution is 14.0. The predicted octanol–water partition coefficient (Wildman–Crippen LogP) is 2.87. The molecule has 0 saturated carbocycles. The highest BCUT2D eigenvalue weighted by Gasteiger charge is 2.10. The van der Waals surface area contributed by atoms with Crippen molar-refractivity contribution in [3.8, 4) is 11.5 Å². The van der Waals surface area contributed by atoms with E-state index >= 15 is 0 Å². The van der Waals surface area contributed by atoms with Crippen molar-refractivity contribution in [3.05, 3.63) is 18.2 Å². The largest absolute Gasteiger partial charge is 0.490 e. The van der Waals surface area contributed by atoms with E-state index in [9.17, 15) is 0 Å². The van der Waals surface area contributed by atoms with Gasteiger partial charge in [-0.2, -0.15) is 0 Å². The van der Waals surface area contributed by atoms with Crippen LogP contribution in [-0.2, 0) is 4.74 Å². The van der Waals surface area contributed by atoms with Gasteiger partial charge in [0.25, 0.3) is 0 Å². The van der Waals surface area contributed by atoms with Crippen LogP contribution in [0.5, 0.6) is 11.5 Å². The summed E-state index contributed by atoms with van der Waals surface area (Å²) in [4.78, 5) is 4.23. The van der Waals surface area contributed by atoms with Crippen molar-refractivity contribution in [1.82, 2.24) is 0 Å². The Hall–Kier alpha value is -1.22. The van der Waals surface area contributed by atoms with E-state index in [1.165, 1.54) is 0 Å². The molecule has 1 aliphatic heterocycles. The van der Waals surface area contributed by atoms with Gasteiger partial charge < -0.3 is 25.3 Å². The van der Waals surface area contributed by atoms with Crippen LogP contribution in [0.1, 0.15) is 20.3 Å². The second-order valence-electron chi connectivity index (χ2n) is 5.57. The summed E-state index contributed by atoms with van der Waals surface area (Å²) in [6.07, 6.45) is 0.886. The maximum Gasteiger partial charge on any atom is 0.193 e. The first-order valence-electron chi connectivity index (χ1n) is 7.69. The van der Waals surface area contributed by atoms with Crippen LogP contribution in [0.3, 0.4) is 0 Å². The third kappa shape index (κ3) is 7.26. The molecule has 3 N–H and O–H groups in total. The molecule has 6 nitrogen and oxygen atoms in total. The fourth-order valence-corrected chi connectivity index (χ4v) is 1.98. The van der Waals surface area contributed by atoms with Gasteiger partial charge in [0.2, 0.25) is 0 Å². The fraction of sp³-hybridized carbons (Fsp3) is 0.562. The minimum atomic E-state index is 0. The van der Waals surface area contributed by atoms with Crippen molar-refractivity contribution in [2.24, 2.45) is 16.6 Å². The van der Waals surface area contributed by atoms with Crippen molar-refractivity contribution >= 4 is 35.6 Å². The third-order valence-corrected chi connectivity index (χ3v) is 2.99. The van der Waals surface area contributed by atoms with Crippen LogP contribution in [0.15, 0.2) is 23.2 Å². The second-order valence-corrected chi connectivity index (χ2v) is 5.57.